The van der Waals surface area contributed by atoms with Crippen molar-refractivity contribution in [1.82, 2.24) is 24.4 Å². The first kappa shape index (κ1) is 22.1. The number of nitrogens with two attached hydrogens (primary N) is 1. The van der Waals surface area contributed by atoms with Crippen molar-refractivity contribution in [1.29, 1.82) is 0 Å². The van der Waals surface area contributed by atoms with Gasteiger partial charge in [-0.25, -0.2) is 14.8 Å². The molecule has 1 fully saturated rings. The summed E-state index contributed by atoms with van der Waals surface area (Å²) in [7, 11) is 1.98. The molecule has 0 bridgehead atoms. The summed E-state index contributed by atoms with van der Waals surface area (Å²) in [6.45, 7) is 4.15. The molecule has 11 heteroatoms. The fraction of sp³-hybridized carbons (Fsp3) is 0.476. The van der Waals surface area contributed by atoms with Gasteiger partial charge in [-0.15, -0.1) is 0 Å². The Morgan fingerprint density at radius 2 is 1.97 bits per heavy atom. The highest BCUT2D eigenvalue weighted by molar-refractivity contribution is 5.85. The van der Waals surface area contributed by atoms with Crippen LogP contribution in [-0.4, -0.2) is 57.6 Å². The summed E-state index contributed by atoms with van der Waals surface area (Å²) < 4.78 is 40.6. The van der Waals surface area contributed by atoms with Gasteiger partial charge >= 0.3 is 11.9 Å². The summed E-state index contributed by atoms with van der Waals surface area (Å²) in [6.07, 6.45) is 0.761. The molecule has 0 radical (unpaired) electrons. The van der Waals surface area contributed by atoms with Gasteiger partial charge in [0, 0.05) is 26.3 Å². The number of hydrogen-bond acceptors (Lipinski definition) is 6. The number of nitrogen functional groups attached to an aromatic ring is 1. The number of aromatic nitrogens is 4. The molecule has 0 saturated carbocycles. The zero-order valence-corrected chi connectivity index (χ0v) is 17.8. The van der Waals surface area contributed by atoms with Gasteiger partial charge in [-0.1, -0.05) is 12.5 Å². The molecule has 0 unspecified atom stereocenters. The Labute approximate surface area is 182 Å². The molecule has 1 saturated heterocycles. The Bertz CT molecular complexity index is 1130. The lowest BCUT2D eigenvalue weighted by Crippen LogP contribution is -2.36. The molecular weight excluding hydrogens is 423 g/mol. The minimum Gasteiger partial charge on any atom is -0.382 e. The molecule has 1 aliphatic rings. The van der Waals surface area contributed by atoms with Crippen LogP contribution in [-0.2, 0) is 12.7 Å². The van der Waals surface area contributed by atoms with E-state index in [0.717, 1.165) is 38.1 Å². The summed E-state index contributed by atoms with van der Waals surface area (Å²) in [5, 5.41) is 0. The molecule has 0 aromatic carbocycles. The molecule has 3 aromatic heterocycles. The van der Waals surface area contributed by atoms with E-state index in [-0.39, 0.29) is 23.4 Å². The summed E-state index contributed by atoms with van der Waals surface area (Å²) in [6, 6.07) is 4.50. The van der Waals surface area contributed by atoms with Crippen LogP contribution in [0.3, 0.4) is 0 Å². The van der Waals surface area contributed by atoms with E-state index in [9.17, 15) is 18.0 Å². The monoisotopic (exact) mass is 449 g/mol. The van der Waals surface area contributed by atoms with E-state index in [1.807, 2.05) is 19.2 Å². The zero-order chi connectivity index (χ0) is 22.9. The topological polar surface area (TPSA) is 96.1 Å². The van der Waals surface area contributed by atoms with Crippen LogP contribution in [0.5, 0.6) is 0 Å². The Morgan fingerprint density at radius 1 is 1.22 bits per heavy atom. The molecule has 8 nitrogen and oxygen atoms in total. The van der Waals surface area contributed by atoms with Gasteiger partial charge < -0.3 is 20.5 Å². The number of piperidine rings is 1. The second-order valence-electron chi connectivity index (χ2n) is 8.15. The number of imidazole rings is 1. The molecule has 4 heterocycles. The maximum absolute atomic E-state index is 13.1. The number of hydrogen-bond donors (Lipinski definition) is 2. The van der Waals surface area contributed by atoms with Crippen LogP contribution in [0, 0.1) is 0 Å². The molecule has 172 valence electrons. The van der Waals surface area contributed by atoms with Crippen molar-refractivity contribution in [3.05, 3.63) is 46.1 Å². The molecule has 0 atom stereocenters. The number of H-pyrrole nitrogens is 1. The van der Waals surface area contributed by atoms with Crippen molar-refractivity contribution in [2.24, 2.45) is 0 Å². The van der Waals surface area contributed by atoms with Crippen LogP contribution < -0.4 is 16.3 Å². The van der Waals surface area contributed by atoms with E-state index >= 15 is 0 Å². The third-order valence-corrected chi connectivity index (χ3v) is 5.83. The number of alkyl halides is 3. The molecule has 3 aromatic rings. The Kier molecular flexibility index (Phi) is 6.09. The van der Waals surface area contributed by atoms with Crippen LogP contribution in [0.15, 0.2) is 29.2 Å². The van der Waals surface area contributed by atoms with Gasteiger partial charge in [0.1, 0.15) is 22.8 Å². The predicted molar refractivity (Wildman–Crippen MR) is 117 cm³/mol. The smallest absolute Gasteiger partial charge is 0.382 e. The van der Waals surface area contributed by atoms with Gasteiger partial charge in [0.15, 0.2) is 0 Å². The van der Waals surface area contributed by atoms with Crippen molar-refractivity contribution in [3.8, 4) is 0 Å². The number of anilines is 2. The third-order valence-electron chi connectivity index (χ3n) is 5.83. The first-order chi connectivity index (χ1) is 15.2. The van der Waals surface area contributed by atoms with Gasteiger partial charge in [0.05, 0.1) is 12.1 Å². The number of aromatic amines is 1. The minimum atomic E-state index is -4.66. The van der Waals surface area contributed by atoms with Crippen molar-refractivity contribution in [3.63, 3.8) is 0 Å². The molecule has 32 heavy (non-hydrogen) atoms. The maximum atomic E-state index is 13.1. The summed E-state index contributed by atoms with van der Waals surface area (Å²) >= 11 is 0. The van der Waals surface area contributed by atoms with Gasteiger partial charge in [0.2, 0.25) is 0 Å². The second-order valence-corrected chi connectivity index (χ2v) is 8.15. The number of likely N-dealkylation sites (N-methyl/N-ethyl adjacent to an activating group) is 1. The highest BCUT2D eigenvalue weighted by Crippen LogP contribution is 2.31. The number of nitrogens with one attached hydrogen (secondary N) is 1. The average molecular weight is 449 g/mol. The first-order valence-electron chi connectivity index (χ1n) is 10.6. The fourth-order valence-electron chi connectivity index (χ4n) is 3.99. The van der Waals surface area contributed by atoms with Crippen LogP contribution in [0.1, 0.15) is 30.5 Å². The molecule has 0 aliphatic carbocycles. The van der Waals surface area contributed by atoms with Crippen molar-refractivity contribution < 1.29 is 13.2 Å². The minimum absolute atomic E-state index is 0.0533. The number of halogens is 3. The maximum Gasteiger partial charge on any atom is 0.433 e. The number of rotatable bonds is 6. The predicted octanol–water partition coefficient (Wildman–Crippen LogP) is 2.69. The van der Waals surface area contributed by atoms with Crippen LogP contribution in [0.2, 0.25) is 0 Å². The third kappa shape index (κ3) is 4.72. The Balaban J connectivity index is 1.50. The molecule has 3 N–H and O–H groups in total. The van der Waals surface area contributed by atoms with E-state index in [4.69, 9.17) is 5.73 Å². The van der Waals surface area contributed by atoms with E-state index < -0.39 is 17.6 Å². The number of pyridine rings is 2. The average Bonchev–Trinajstić information content (AvgIpc) is 3.08. The first-order valence-corrected chi connectivity index (χ1v) is 10.6. The standard InChI is InChI=1S/C21H26F3N7O/c1-29(9-10-30-7-3-2-4-8-30)17-6-5-14(12-26-17)13-31-15-11-16(21(22,23)24)27-19(25)18(15)28-20(31)32/h5-6,11-12H,2-4,7-10,13H2,1H3,(H2,25,27)(H,28,32). The lowest BCUT2D eigenvalue weighted by Gasteiger charge is -2.28. The summed E-state index contributed by atoms with van der Waals surface area (Å²) in [5.74, 6) is 0.430. The van der Waals surface area contributed by atoms with Gasteiger partial charge in [0.25, 0.3) is 0 Å². The number of fused-ring (bicyclic) bond motifs is 1. The summed E-state index contributed by atoms with van der Waals surface area (Å²) in [4.78, 5) is 27.2. The van der Waals surface area contributed by atoms with Crippen molar-refractivity contribution in [2.45, 2.75) is 32.0 Å². The second kappa shape index (κ2) is 8.81. The van der Waals surface area contributed by atoms with Crippen molar-refractivity contribution >= 4 is 22.7 Å². The normalized spacial score (nSPS) is 15.4. The quantitative estimate of drug-likeness (QED) is 0.601. The molecule has 4 rings (SSSR count). The van der Waals surface area contributed by atoms with Gasteiger partial charge in [-0.2, -0.15) is 13.2 Å². The SMILES string of the molecule is CN(CCN1CCCCC1)c1ccc(Cn2c(=O)[nH]c3c(N)nc(C(F)(F)F)cc32)cn1. The van der Waals surface area contributed by atoms with Gasteiger partial charge in [-0.05, 0) is 43.6 Å². The Hall–Kier alpha value is -3.08. The summed E-state index contributed by atoms with van der Waals surface area (Å²) in [5.41, 5.74) is 4.78. The molecule has 0 spiro atoms. The zero-order valence-electron chi connectivity index (χ0n) is 17.8. The van der Waals surface area contributed by atoms with Crippen LogP contribution in [0.4, 0.5) is 24.8 Å². The molecule has 1 aliphatic heterocycles. The highest BCUT2D eigenvalue weighted by atomic mass is 19.4. The van der Waals surface area contributed by atoms with Gasteiger partial charge in [-0.3, -0.25) is 4.57 Å². The van der Waals surface area contributed by atoms with E-state index in [0.29, 0.717) is 5.56 Å². The lowest BCUT2D eigenvalue weighted by molar-refractivity contribution is -0.141. The fourth-order valence-corrected chi connectivity index (χ4v) is 3.99. The lowest BCUT2D eigenvalue weighted by atomic mass is 10.1. The molecular formula is C21H26F3N7O. The largest absolute Gasteiger partial charge is 0.433 e. The van der Waals surface area contributed by atoms with E-state index in [1.54, 1.807) is 6.20 Å². The number of likely N-dealkylation sites (tertiary alicyclic amines) is 1. The van der Waals surface area contributed by atoms with Crippen molar-refractivity contribution in [2.75, 3.05) is 43.9 Å². The van der Waals surface area contributed by atoms with E-state index in [2.05, 4.69) is 24.8 Å². The van der Waals surface area contributed by atoms with Crippen LogP contribution in [0.25, 0.3) is 11.0 Å². The molecule has 0 amide bonds. The highest BCUT2D eigenvalue weighted by Gasteiger charge is 2.34. The van der Waals surface area contributed by atoms with E-state index in [1.165, 1.54) is 23.8 Å². The Morgan fingerprint density at radius 3 is 2.62 bits per heavy atom. The van der Waals surface area contributed by atoms with Crippen LogP contribution >= 0.6 is 0 Å². The number of nitrogens with zero attached hydrogens (tertiary/aromatic N) is 5.